The van der Waals surface area contributed by atoms with Crippen LogP contribution < -0.4 is 0 Å². The van der Waals surface area contributed by atoms with Gasteiger partial charge in [-0.2, -0.15) is 13.2 Å². The highest BCUT2D eigenvalue weighted by atomic mass is 19.4. The van der Waals surface area contributed by atoms with Gasteiger partial charge in [0.1, 0.15) is 5.76 Å². The number of esters is 1. The molecule has 0 aromatic rings. The Bertz CT molecular complexity index is 661. The summed E-state index contributed by atoms with van der Waals surface area (Å²) in [6.07, 6.45) is 4.45. The minimum atomic E-state index is -4.28. The van der Waals surface area contributed by atoms with Crippen molar-refractivity contribution in [3.63, 3.8) is 0 Å². The highest BCUT2D eigenvalue weighted by Crippen LogP contribution is 2.31. The van der Waals surface area contributed by atoms with Gasteiger partial charge in [-0.15, -0.1) is 0 Å². The maximum absolute atomic E-state index is 11.9. The van der Waals surface area contributed by atoms with Crippen LogP contribution in [0.3, 0.4) is 0 Å². The van der Waals surface area contributed by atoms with E-state index in [0.29, 0.717) is 0 Å². The van der Waals surface area contributed by atoms with Gasteiger partial charge in [0.15, 0.2) is 5.78 Å². The number of carbonyl (C=O) groups is 2. The first-order chi connectivity index (χ1) is 10.7. The van der Waals surface area contributed by atoms with Crippen molar-refractivity contribution in [2.45, 2.75) is 25.9 Å². The molecule has 122 valence electrons. The zero-order valence-electron chi connectivity index (χ0n) is 12.4. The molecule has 2 aliphatic rings. The Morgan fingerprint density at radius 3 is 2.70 bits per heavy atom. The Labute approximate surface area is 131 Å². The second-order valence-electron chi connectivity index (χ2n) is 5.29. The lowest BCUT2D eigenvalue weighted by Crippen LogP contribution is -2.14. The van der Waals surface area contributed by atoms with Crippen LogP contribution in [-0.2, 0) is 14.3 Å². The van der Waals surface area contributed by atoms with Crippen molar-refractivity contribution in [2.75, 3.05) is 0 Å². The van der Waals surface area contributed by atoms with Gasteiger partial charge < -0.3 is 4.74 Å². The summed E-state index contributed by atoms with van der Waals surface area (Å²) in [6.45, 7) is 1.84. The van der Waals surface area contributed by atoms with Crippen molar-refractivity contribution >= 4 is 11.8 Å². The zero-order chi connectivity index (χ0) is 17.0. The van der Waals surface area contributed by atoms with E-state index in [-0.39, 0.29) is 23.9 Å². The van der Waals surface area contributed by atoms with E-state index in [9.17, 15) is 22.8 Å². The molecule has 0 saturated heterocycles. The number of hydrogen-bond donors (Lipinski definition) is 0. The molecule has 2 rings (SSSR count). The molecule has 0 aromatic heterocycles. The molecule has 0 radical (unpaired) electrons. The van der Waals surface area contributed by atoms with Gasteiger partial charge in [-0.3, -0.25) is 9.59 Å². The molecule has 23 heavy (non-hydrogen) atoms. The predicted octanol–water partition coefficient (Wildman–Crippen LogP) is 3.95. The van der Waals surface area contributed by atoms with Crippen LogP contribution in [0.15, 0.2) is 59.4 Å². The summed E-state index contributed by atoms with van der Waals surface area (Å²) in [5.41, 5.74) is 1.63. The Hall–Kier alpha value is -2.37. The lowest BCUT2D eigenvalue weighted by Gasteiger charge is -2.22. The number of hydrogen-bond acceptors (Lipinski definition) is 3. The monoisotopic (exact) mass is 324 g/mol. The topological polar surface area (TPSA) is 43.4 Å². The van der Waals surface area contributed by atoms with E-state index >= 15 is 0 Å². The maximum atomic E-state index is 11.9. The number of carbonyl (C=O) groups excluding carboxylic acids is 2. The van der Waals surface area contributed by atoms with Gasteiger partial charge in [0.2, 0.25) is 0 Å². The smallest absolute Gasteiger partial charge is 0.392 e. The van der Waals surface area contributed by atoms with Crippen molar-refractivity contribution in [1.82, 2.24) is 0 Å². The summed E-state index contributed by atoms with van der Waals surface area (Å²) in [5.74, 6) is -0.528. The van der Waals surface area contributed by atoms with Crippen molar-refractivity contribution in [2.24, 2.45) is 5.92 Å². The number of ketones is 1. The fraction of sp³-hybridized carbons (Fsp3) is 0.294. The Kier molecular flexibility index (Phi) is 5.03. The molecule has 0 saturated carbocycles. The molecule has 0 N–H and O–H groups in total. The van der Waals surface area contributed by atoms with Crippen molar-refractivity contribution in [3.8, 4) is 0 Å². The molecule has 0 amide bonds. The van der Waals surface area contributed by atoms with E-state index in [1.54, 1.807) is 18.2 Å². The van der Waals surface area contributed by atoms with Crippen molar-refractivity contribution in [3.05, 3.63) is 59.4 Å². The zero-order valence-corrected chi connectivity index (χ0v) is 12.4. The van der Waals surface area contributed by atoms with Gasteiger partial charge in [0.05, 0.1) is 12.8 Å². The Morgan fingerprint density at radius 1 is 1.26 bits per heavy atom. The summed E-state index contributed by atoms with van der Waals surface area (Å²) in [6, 6.07) is 0. The third-order valence-electron chi connectivity index (χ3n) is 3.32. The van der Waals surface area contributed by atoms with Crippen LogP contribution in [0, 0.1) is 5.92 Å². The van der Waals surface area contributed by atoms with Gasteiger partial charge in [0.25, 0.3) is 0 Å². The predicted molar refractivity (Wildman–Crippen MR) is 78.1 cm³/mol. The van der Waals surface area contributed by atoms with Crippen LogP contribution in [0.25, 0.3) is 0 Å². The van der Waals surface area contributed by atoms with E-state index in [1.807, 2.05) is 13.0 Å². The number of alkyl halides is 3. The van der Waals surface area contributed by atoms with Crippen molar-refractivity contribution in [1.29, 1.82) is 0 Å². The third-order valence-corrected chi connectivity index (χ3v) is 3.32. The number of allylic oxidation sites excluding steroid dienone is 8. The minimum absolute atomic E-state index is 0.0122. The molecule has 0 heterocycles. The van der Waals surface area contributed by atoms with Gasteiger partial charge in [-0.05, 0) is 36.8 Å². The van der Waals surface area contributed by atoms with Crippen molar-refractivity contribution < 1.29 is 27.5 Å². The average Bonchev–Trinajstić information content (AvgIpc) is 2.42. The standard InChI is InChI=1S/C17H15F3O3/c1-11-8-13(21)9-12-10-14(5-6-15(11)12)23-16(22)4-2-3-7-17(18,19)20/h2-3,5-6,8-10,15H,4,7H2,1H3/b3-2+. The van der Waals surface area contributed by atoms with E-state index in [0.717, 1.165) is 23.3 Å². The Morgan fingerprint density at radius 2 is 2.00 bits per heavy atom. The molecule has 1 atom stereocenters. The second-order valence-corrected chi connectivity index (χ2v) is 5.29. The molecule has 0 aromatic carbocycles. The van der Waals surface area contributed by atoms with E-state index in [4.69, 9.17) is 4.74 Å². The molecule has 0 fully saturated rings. The minimum Gasteiger partial charge on any atom is -0.426 e. The number of rotatable bonds is 4. The summed E-state index contributed by atoms with van der Waals surface area (Å²) in [5, 5.41) is 0. The summed E-state index contributed by atoms with van der Waals surface area (Å²) in [4.78, 5) is 23.1. The molecular formula is C17H15F3O3. The van der Waals surface area contributed by atoms with Crippen LogP contribution >= 0.6 is 0 Å². The molecular weight excluding hydrogens is 309 g/mol. The SMILES string of the molecule is CC1=CC(=O)C=C2C=C(OC(=O)C/C=C/CC(F)(F)F)C=CC12. The molecule has 0 bridgehead atoms. The molecule has 2 aliphatic carbocycles. The van der Waals surface area contributed by atoms with E-state index < -0.39 is 18.6 Å². The number of ether oxygens (including phenoxy) is 1. The largest absolute Gasteiger partial charge is 0.426 e. The van der Waals surface area contributed by atoms with E-state index in [1.165, 1.54) is 6.08 Å². The fourth-order valence-electron chi connectivity index (χ4n) is 2.30. The summed E-state index contributed by atoms with van der Waals surface area (Å²) in [7, 11) is 0. The van der Waals surface area contributed by atoms with Crippen LogP contribution in [0.2, 0.25) is 0 Å². The summed E-state index contributed by atoms with van der Waals surface area (Å²) >= 11 is 0. The number of fused-ring (bicyclic) bond motifs is 1. The highest BCUT2D eigenvalue weighted by molar-refractivity contribution is 6.02. The first-order valence-corrected chi connectivity index (χ1v) is 7.01. The highest BCUT2D eigenvalue weighted by Gasteiger charge is 2.25. The first-order valence-electron chi connectivity index (χ1n) is 7.01. The molecule has 0 aliphatic heterocycles. The average molecular weight is 324 g/mol. The molecule has 3 nitrogen and oxygen atoms in total. The fourth-order valence-corrected chi connectivity index (χ4v) is 2.30. The second kappa shape index (κ2) is 6.81. The first kappa shape index (κ1) is 17.0. The normalized spacial score (nSPS) is 20.8. The van der Waals surface area contributed by atoms with Crippen LogP contribution in [0.1, 0.15) is 19.8 Å². The van der Waals surface area contributed by atoms with E-state index in [2.05, 4.69) is 0 Å². The quantitative estimate of drug-likeness (QED) is 0.581. The third kappa shape index (κ3) is 5.09. The van der Waals surface area contributed by atoms with Gasteiger partial charge >= 0.3 is 12.1 Å². The molecule has 1 unspecified atom stereocenters. The lowest BCUT2D eigenvalue weighted by atomic mass is 9.83. The van der Waals surface area contributed by atoms with Crippen LogP contribution in [0.4, 0.5) is 13.2 Å². The lowest BCUT2D eigenvalue weighted by molar-refractivity contribution is -0.138. The van der Waals surface area contributed by atoms with Gasteiger partial charge in [-0.25, -0.2) is 0 Å². The van der Waals surface area contributed by atoms with Crippen LogP contribution in [-0.4, -0.2) is 17.9 Å². The number of halogens is 3. The summed E-state index contributed by atoms with van der Waals surface area (Å²) < 4.78 is 40.9. The van der Waals surface area contributed by atoms with Gasteiger partial charge in [-0.1, -0.05) is 23.8 Å². The molecule has 0 spiro atoms. The Balaban J connectivity index is 1.92. The molecule has 6 heteroatoms. The van der Waals surface area contributed by atoms with Crippen LogP contribution in [0.5, 0.6) is 0 Å². The van der Waals surface area contributed by atoms with Gasteiger partial charge in [0, 0.05) is 5.92 Å². The maximum Gasteiger partial charge on any atom is 0.392 e.